The summed E-state index contributed by atoms with van der Waals surface area (Å²) >= 11 is 0. The summed E-state index contributed by atoms with van der Waals surface area (Å²) in [6.07, 6.45) is 0.0222. The molecular formula is C15H18F2N2O. The zero-order chi connectivity index (χ0) is 14.9. The van der Waals surface area contributed by atoms with Crippen molar-refractivity contribution in [2.45, 2.75) is 32.8 Å². The average molecular weight is 280 g/mol. The highest BCUT2D eigenvalue weighted by Crippen LogP contribution is 2.24. The summed E-state index contributed by atoms with van der Waals surface area (Å²) in [5.74, 6) is -1.35. The maximum absolute atomic E-state index is 13.6. The molecule has 20 heavy (non-hydrogen) atoms. The van der Waals surface area contributed by atoms with Crippen LogP contribution in [-0.4, -0.2) is 14.9 Å². The minimum atomic E-state index is -0.949. The highest BCUT2D eigenvalue weighted by Gasteiger charge is 2.16. The molecule has 2 aromatic rings. The van der Waals surface area contributed by atoms with E-state index < -0.39 is 17.7 Å². The van der Waals surface area contributed by atoms with Crippen LogP contribution in [-0.2, 0) is 13.5 Å². The third-order valence-corrected chi connectivity index (χ3v) is 3.65. The zero-order valence-electron chi connectivity index (χ0n) is 11.8. The van der Waals surface area contributed by atoms with Crippen molar-refractivity contribution in [1.29, 1.82) is 0 Å². The Morgan fingerprint density at radius 3 is 2.55 bits per heavy atom. The topological polar surface area (TPSA) is 38.0 Å². The molecule has 1 heterocycles. The van der Waals surface area contributed by atoms with Crippen LogP contribution >= 0.6 is 0 Å². The molecule has 0 bridgehead atoms. The van der Waals surface area contributed by atoms with Crippen molar-refractivity contribution in [3.8, 4) is 0 Å². The molecule has 0 spiro atoms. The van der Waals surface area contributed by atoms with Gasteiger partial charge in [0, 0.05) is 24.4 Å². The zero-order valence-corrected chi connectivity index (χ0v) is 11.8. The number of rotatable bonds is 4. The Morgan fingerprint density at radius 2 is 2.00 bits per heavy atom. The molecule has 0 radical (unpaired) electrons. The van der Waals surface area contributed by atoms with Crippen LogP contribution in [0.4, 0.5) is 8.78 Å². The van der Waals surface area contributed by atoms with E-state index in [2.05, 4.69) is 5.10 Å². The lowest BCUT2D eigenvalue weighted by Gasteiger charge is -2.12. The molecule has 1 atom stereocenters. The van der Waals surface area contributed by atoms with Crippen molar-refractivity contribution in [3.05, 3.63) is 52.3 Å². The largest absolute Gasteiger partial charge is 0.388 e. The number of aromatic nitrogens is 2. The first-order valence-corrected chi connectivity index (χ1v) is 6.52. The number of halogens is 2. The van der Waals surface area contributed by atoms with Crippen LogP contribution in [0.25, 0.3) is 0 Å². The first-order chi connectivity index (χ1) is 9.40. The summed E-state index contributed by atoms with van der Waals surface area (Å²) in [4.78, 5) is 0. The second kappa shape index (κ2) is 5.71. The monoisotopic (exact) mass is 280 g/mol. The van der Waals surface area contributed by atoms with Crippen LogP contribution in [0.5, 0.6) is 0 Å². The molecule has 0 amide bonds. The van der Waals surface area contributed by atoms with Gasteiger partial charge in [-0.2, -0.15) is 5.10 Å². The van der Waals surface area contributed by atoms with Gasteiger partial charge < -0.3 is 5.11 Å². The van der Waals surface area contributed by atoms with Crippen molar-refractivity contribution in [2.75, 3.05) is 0 Å². The van der Waals surface area contributed by atoms with Crippen molar-refractivity contribution in [2.24, 2.45) is 7.05 Å². The van der Waals surface area contributed by atoms with Gasteiger partial charge in [0.2, 0.25) is 0 Å². The predicted molar refractivity (Wildman–Crippen MR) is 72.3 cm³/mol. The molecular weight excluding hydrogens is 262 g/mol. The van der Waals surface area contributed by atoms with Crippen LogP contribution < -0.4 is 0 Å². The van der Waals surface area contributed by atoms with Crippen LogP contribution in [0, 0.1) is 25.5 Å². The molecule has 5 heteroatoms. The Bertz CT molecular complexity index is 623. The van der Waals surface area contributed by atoms with Gasteiger partial charge in [-0.25, -0.2) is 8.78 Å². The minimum Gasteiger partial charge on any atom is -0.388 e. The SMILES string of the molecule is Cc1nn(C)c(C)c1CCC(O)c1ccc(F)cc1F. The lowest BCUT2D eigenvalue weighted by Crippen LogP contribution is -2.04. The minimum absolute atomic E-state index is 0.130. The summed E-state index contributed by atoms with van der Waals surface area (Å²) in [5.41, 5.74) is 3.14. The smallest absolute Gasteiger partial charge is 0.131 e. The van der Waals surface area contributed by atoms with Gasteiger partial charge in [0.1, 0.15) is 11.6 Å². The summed E-state index contributed by atoms with van der Waals surface area (Å²) in [7, 11) is 1.86. The van der Waals surface area contributed by atoms with Crippen LogP contribution in [0.1, 0.15) is 35.0 Å². The maximum Gasteiger partial charge on any atom is 0.131 e. The Labute approximate surface area is 116 Å². The van der Waals surface area contributed by atoms with Crippen molar-refractivity contribution >= 4 is 0 Å². The van der Waals surface area contributed by atoms with E-state index in [1.807, 2.05) is 20.9 Å². The maximum atomic E-state index is 13.6. The Balaban J connectivity index is 2.10. The molecule has 3 nitrogen and oxygen atoms in total. The molecule has 0 aliphatic rings. The van der Waals surface area contributed by atoms with E-state index in [0.717, 1.165) is 29.1 Å². The lowest BCUT2D eigenvalue weighted by molar-refractivity contribution is 0.163. The Hall–Kier alpha value is -1.75. The molecule has 0 fully saturated rings. The molecule has 0 aliphatic heterocycles. The number of benzene rings is 1. The fourth-order valence-corrected chi connectivity index (χ4v) is 2.39. The molecule has 0 aliphatic carbocycles. The molecule has 1 N–H and O–H groups in total. The third-order valence-electron chi connectivity index (χ3n) is 3.65. The molecule has 1 aromatic carbocycles. The number of aliphatic hydroxyl groups excluding tert-OH is 1. The van der Waals surface area contributed by atoms with E-state index in [0.29, 0.717) is 12.8 Å². The van der Waals surface area contributed by atoms with Crippen molar-refractivity contribution < 1.29 is 13.9 Å². The summed E-state index contributed by atoms with van der Waals surface area (Å²) in [6.45, 7) is 3.87. The fraction of sp³-hybridized carbons (Fsp3) is 0.400. The van der Waals surface area contributed by atoms with Gasteiger partial charge in [-0.1, -0.05) is 6.07 Å². The van der Waals surface area contributed by atoms with Crippen molar-refractivity contribution in [1.82, 2.24) is 9.78 Å². The average Bonchev–Trinajstić information content (AvgIpc) is 2.61. The van der Waals surface area contributed by atoms with Crippen LogP contribution in [0.2, 0.25) is 0 Å². The van der Waals surface area contributed by atoms with E-state index in [1.165, 1.54) is 6.07 Å². The summed E-state index contributed by atoms with van der Waals surface area (Å²) < 4.78 is 28.2. The summed E-state index contributed by atoms with van der Waals surface area (Å²) in [5, 5.41) is 14.4. The van der Waals surface area contributed by atoms with Gasteiger partial charge in [0.15, 0.2) is 0 Å². The normalized spacial score (nSPS) is 12.7. The van der Waals surface area contributed by atoms with E-state index in [-0.39, 0.29) is 5.56 Å². The predicted octanol–water partition coefficient (Wildman–Crippen LogP) is 2.98. The number of nitrogens with zero attached hydrogens (tertiary/aromatic N) is 2. The van der Waals surface area contributed by atoms with E-state index in [9.17, 15) is 13.9 Å². The molecule has 0 saturated heterocycles. The van der Waals surface area contributed by atoms with Crippen molar-refractivity contribution in [3.63, 3.8) is 0 Å². The summed E-state index contributed by atoms with van der Waals surface area (Å²) in [6, 6.07) is 3.24. The number of aliphatic hydroxyl groups is 1. The number of hydrogen-bond donors (Lipinski definition) is 1. The van der Waals surface area contributed by atoms with E-state index in [4.69, 9.17) is 0 Å². The van der Waals surface area contributed by atoms with Gasteiger partial charge in [0.25, 0.3) is 0 Å². The third kappa shape index (κ3) is 2.88. The first-order valence-electron chi connectivity index (χ1n) is 6.52. The highest BCUT2D eigenvalue weighted by molar-refractivity contribution is 5.26. The van der Waals surface area contributed by atoms with Gasteiger partial charge >= 0.3 is 0 Å². The molecule has 1 aromatic heterocycles. The molecule has 0 saturated carbocycles. The molecule has 2 rings (SSSR count). The quantitative estimate of drug-likeness (QED) is 0.935. The second-order valence-corrected chi connectivity index (χ2v) is 4.99. The Kier molecular flexibility index (Phi) is 4.18. The first kappa shape index (κ1) is 14.7. The lowest BCUT2D eigenvalue weighted by atomic mass is 10.00. The number of hydrogen-bond acceptors (Lipinski definition) is 2. The second-order valence-electron chi connectivity index (χ2n) is 4.99. The van der Waals surface area contributed by atoms with Gasteiger partial charge in [-0.3, -0.25) is 4.68 Å². The highest BCUT2D eigenvalue weighted by atomic mass is 19.1. The molecule has 1 unspecified atom stereocenters. The van der Waals surface area contributed by atoms with Gasteiger partial charge in [-0.05, 0) is 38.3 Å². The fourth-order valence-electron chi connectivity index (χ4n) is 2.39. The van der Waals surface area contributed by atoms with Gasteiger partial charge in [-0.15, -0.1) is 0 Å². The molecule has 108 valence electrons. The Morgan fingerprint density at radius 1 is 1.30 bits per heavy atom. The standard InChI is InChI=1S/C15H18F2N2O/c1-9-12(10(2)19(3)18-9)6-7-15(20)13-5-4-11(16)8-14(13)17/h4-5,8,15,20H,6-7H2,1-3H3. The van der Waals surface area contributed by atoms with E-state index in [1.54, 1.807) is 4.68 Å². The van der Waals surface area contributed by atoms with Crippen LogP contribution in [0.3, 0.4) is 0 Å². The van der Waals surface area contributed by atoms with E-state index >= 15 is 0 Å². The van der Waals surface area contributed by atoms with Crippen LogP contribution in [0.15, 0.2) is 18.2 Å². The number of aryl methyl sites for hydroxylation is 2. The van der Waals surface area contributed by atoms with Gasteiger partial charge in [0.05, 0.1) is 11.8 Å².